The molecular formula is C13H15NO3S. The van der Waals surface area contributed by atoms with E-state index in [9.17, 15) is 8.42 Å². The van der Waals surface area contributed by atoms with Crippen LogP contribution >= 0.6 is 0 Å². The molecule has 1 fully saturated rings. The lowest BCUT2D eigenvalue weighted by Crippen LogP contribution is -2.17. The van der Waals surface area contributed by atoms with Crippen LogP contribution in [0.4, 0.5) is 5.69 Å². The molecule has 1 saturated carbocycles. The largest absolute Gasteiger partial charge is 0.384 e. The van der Waals surface area contributed by atoms with Gasteiger partial charge < -0.3 is 5.11 Å². The van der Waals surface area contributed by atoms with E-state index in [0.29, 0.717) is 17.2 Å². The SMILES string of the molecule is O=S(=O)(CC1CC1)Nc1cccc(C#CCO)c1. The van der Waals surface area contributed by atoms with E-state index in [2.05, 4.69) is 16.6 Å². The minimum Gasteiger partial charge on any atom is -0.384 e. The van der Waals surface area contributed by atoms with Crippen molar-refractivity contribution in [1.29, 1.82) is 0 Å². The molecular weight excluding hydrogens is 250 g/mol. The van der Waals surface area contributed by atoms with Crippen LogP contribution in [0.25, 0.3) is 0 Å². The zero-order valence-electron chi connectivity index (χ0n) is 9.89. The molecule has 0 heterocycles. The van der Waals surface area contributed by atoms with Gasteiger partial charge in [-0.2, -0.15) is 0 Å². The minimum atomic E-state index is -3.26. The Kier molecular flexibility index (Phi) is 3.90. The zero-order chi connectivity index (χ0) is 13.0. The average Bonchev–Trinajstić information content (AvgIpc) is 3.09. The van der Waals surface area contributed by atoms with Crippen molar-refractivity contribution in [2.24, 2.45) is 5.92 Å². The van der Waals surface area contributed by atoms with Crippen molar-refractivity contribution in [2.45, 2.75) is 12.8 Å². The standard InChI is InChI=1S/C13H15NO3S/c15-8-2-4-11-3-1-5-13(9-11)14-18(16,17)10-12-6-7-12/h1,3,5,9,12,14-15H,6-8,10H2. The molecule has 0 unspecified atom stereocenters. The van der Waals surface area contributed by atoms with Crippen molar-refractivity contribution < 1.29 is 13.5 Å². The Morgan fingerprint density at radius 1 is 1.39 bits per heavy atom. The molecule has 2 N–H and O–H groups in total. The molecule has 1 aromatic carbocycles. The van der Waals surface area contributed by atoms with Crippen LogP contribution in [0.3, 0.4) is 0 Å². The van der Waals surface area contributed by atoms with Crippen LogP contribution in [0, 0.1) is 17.8 Å². The van der Waals surface area contributed by atoms with Crippen molar-refractivity contribution >= 4 is 15.7 Å². The van der Waals surface area contributed by atoms with Crippen molar-refractivity contribution in [1.82, 2.24) is 0 Å². The first-order valence-corrected chi connectivity index (χ1v) is 7.44. The summed E-state index contributed by atoms with van der Waals surface area (Å²) in [6, 6.07) is 6.85. The Morgan fingerprint density at radius 2 is 2.17 bits per heavy atom. The van der Waals surface area contributed by atoms with Gasteiger partial charge in [-0.25, -0.2) is 8.42 Å². The van der Waals surface area contributed by atoms with Gasteiger partial charge in [-0.3, -0.25) is 4.72 Å². The molecule has 96 valence electrons. The quantitative estimate of drug-likeness (QED) is 0.803. The number of hydrogen-bond acceptors (Lipinski definition) is 3. The maximum Gasteiger partial charge on any atom is 0.232 e. The van der Waals surface area contributed by atoms with E-state index < -0.39 is 10.0 Å². The van der Waals surface area contributed by atoms with Gasteiger partial charge in [-0.05, 0) is 37.0 Å². The third kappa shape index (κ3) is 4.06. The normalized spacial score (nSPS) is 14.7. The highest BCUT2D eigenvalue weighted by Gasteiger charge is 2.27. The maximum absolute atomic E-state index is 11.8. The zero-order valence-corrected chi connectivity index (χ0v) is 10.7. The molecule has 5 heteroatoms. The summed E-state index contributed by atoms with van der Waals surface area (Å²) in [5, 5.41) is 8.60. The summed E-state index contributed by atoms with van der Waals surface area (Å²) in [5.74, 6) is 5.78. The molecule has 0 aromatic heterocycles. The number of hydrogen-bond donors (Lipinski definition) is 2. The highest BCUT2D eigenvalue weighted by molar-refractivity contribution is 7.92. The Balaban J connectivity index is 2.08. The molecule has 0 bridgehead atoms. The Bertz CT molecular complexity index is 580. The highest BCUT2D eigenvalue weighted by atomic mass is 32.2. The fraction of sp³-hybridized carbons (Fsp3) is 0.385. The molecule has 0 aliphatic heterocycles. The van der Waals surface area contributed by atoms with Gasteiger partial charge >= 0.3 is 0 Å². The number of aliphatic hydroxyl groups excluding tert-OH is 1. The first-order chi connectivity index (χ1) is 8.59. The molecule has 0 amide bonds. The van der Waals surface area contributed by atoms with Crippen LogP contribution < -0.4 is 4.72 Å². The Hall–Kier alpha value is -1.51. The smallest absolute Gasteiger partial charge is 0.232 e. The summed E-state index contributed by atoms with van der Waals surface area (Å²) in [6.07, 6.45) is 2.01. The van der Waals surface area contributed by atoms with Crippen molar-refractivity contribution in [3.8, 4) is 11.8 Å². The van der Waals surface area contributed by atoms with Gasteiger partial charge in [0.05, 0.1) is 5.75 Å². The van der Waals surface area contributed by atoms with E-state index in [1.54, 1.807) is 24.3 Å². The lowest BCUT2D eigenvalue weighted by molar-refractivity contribution is 0.350. The third-order valence-corrected chi connectivity index (χ3v) is 4.06. The van der Waals surface area contributed by atoms with Gasteiger partial charge in [-0.1, -0.05) is 17.9 Å². The van der Waals surface area contributed by atoms with E-state index in [1.165, 1.54) is 0 Å². The number of rotatable bonds is 4. The summed E-state index contributed by atoms with van der Waals surface area (Å²) in [7, 11) is -3.26. The second-order valence-electron chi connectivity index (χ2n) is 4.37. The fourth-order valence-electron chi connectivity index (χ4n) is 1.62. The fourth-order valence-corrected chi connectivity index (χ4v) is 3.14. The molecule has 4 nitrogen and oxygen atoms in total. The van der Waals surface area contributed by atoms with Gasteiger partial charge in [0.2, 0.25) is 10.0 Å². The Labute approximate surface area is 107 Å². The first kappa shape index (κ1) is 12.9. The van der Waals surface area contributed by atoms with Crippen molar-refractivity contribution in [3.05, 3.63) is 29.8 Å². The van der Waals surface area contributed by atoms with Gasteiger partial charge in [0.1, 0.15) is 6.61 Å². The molecule has 1 aromatic rings. The molecule has 2 rings (SSSR count). The molecule has 1 aliphatic rings. The number of aliphatic hydroxyl groups is 1. The second kappa shape index (κ2) is 5.42. The van der Waals surface area contributed by atoms with E-state index in [4.69, 9.17) is 5.11 Å². The van der Waals surface area contributed by atoms with Crippen LogP contribution in [0.5, 0.6) is 0 Å². The summed E-state index contributed by atoms with van der Waals surface area (Å²) < 4.78 is 26.1. The number of nitrogens with one attached hydrogen (secondary N) is 1. The number of anilines is 1. The van der Waals surface area contributed by atoms with Crippen LogP contribution in [-0.4, -0.2) is 25.9 Å². The highest BCUT2D eigenvalue weighted by Crippen LogP contribution is 2.30. The second-order valence-corrected chi connectivity index (χ2v) is 6.13. The van der Waals surface area contributed by atoms with Crippen LogP contribution in [-0.2, 0) is 10.0 Å². The van der Waals surface area contributed by atoms with Gasteiger partial charge in [-0.15, -0.1) is 0 Å². The monoisotopic (exact) mass is 265 g/mol. The van der Waals surface area contributed by atoms with Gasteiger partial charge in [0.15, 0.2) is 0 Å². The summed E-state index contributed by atoms with van der Waals surface area (Å²) in [4.78, 5) is 0. The van der Waals surface area contributed by atoms with Gasteiger partial charge in [0.25, 0.3) is 0 Å². The predicted octanol–water partition coefficient (Wildman–Crippen LogP) is 1.18. The third-order valence-electron chi connectivity index (χ3n) is 2.60. The lowest BCUT2D eigenvalue weighted by atomic mass is 10.2. The number of benzene rings is 1. The van der Waals surface area contributed by atoms with E-state index in [0.717, 1.165) is 12.8 Å². The topological polar surface area (TPSA) is 66.4 Å². The summed E-state index contributed by atoms with van der Waals surface area (Å²) in [5.41, 5.74) is 1.19. The van der Waals surface area contributed by atoms with E-state index in [1.807, 2.05) is 0 Å². The molecule has 0 radical (unpaired) electrons. The minimum absolute atomic E-state index is 0.194. The summed E-state index contributed by atoms with van der Waals surface area (Å²) >= 11 is 0. The molecule has 0 atom stereocenters. The van der Waals surface area contributed by atoms with E-state index in [-0.39, 0.29) is 12.4 Å². The van der Waals surface area contributed by atoms with E-state index >= 15 is 0 Å². The maximum atomic E-state index is 11.8. The lowest BCUT2D eigenvalue weighted by Gasteiger charge is -2.07. The van der Waals surface area contributed by atoms with Crippen molar-refractivity contribution in [2.75, 3.05) is 17.1 Å². The van der Waals surface area contributed by atoms with Crippen molar-refractivity contribution in [3.63, 3.8) is 0 Å². The molecule has 0 spiro atoms. The first-order valence-electron chi connectivity index (χ1n) is 5.79. The van der Waals surface area contributed by atoms with Crippen LogP contribution in [0.1, 0.15) is 18.4 Å². The predicted molar refractivity (Wildman–Crippen MR) is 70.5 cm³/mol. The van der Waals surface area contributed by atoms with Gasteiger partial charge in [0, 0.05) is 11.3 Å². The number of sulfonamides is 1. The molecule has 0 saturated heterocycles. The summed E-state index contributed by atoms with van der Waals surface area (Å²) in [6.45, 7) is -0.211. The van der Waals surface area contributed by atoms with Crippen LogP contribution in [0.2, 0.25) is 0 Å². The molecule has 1 aliphatic carbocycles. The molecule has 18 heavy (non-hydrogen) atoms. The Morgan fingerprint density at radius 3 is 2.83 bits per heavy atom. The van der Waals surface area contributed by atoms with Crippen LogP contribution in [0.15, 0.2) is 24.3 Å². The average molecular weight is 265 g/mol.